The third-order valence-corrected chi connectivity index (χ3v) is 5.36. The van der Waals surface area contributed by atoms with E-state index < -0.39 is 5.97 Å². The average Bonchev–Trinajstić information content (AvgIpc) is 3.16. The molecule has 0 aromatic heterocycles. The molecule has 0 amide bonds. The number of hydrogen-bond donors (Lipinski definition) is 1. The molecule has 0 saturated heterocycles. The molecule has 3 aromatic carbocycles. The fraction of sp³-hybridized carbons (Fsp3) is 0.208. The van der Waals surface area contributed by atoms with Crippen molar-refractivity contribution in [2.24, 2.45) is 0 Å². The minimum absolute atomic E-state index is 0.257. The monoisotopic (exact) mass is 358 g/mol. The summed E-state index contributed by atoms with van der Waals surface area (Å²) in [6.07, 6.45) is 2.93. The van der Waals surface area contributed by atoms with Gasteiger partial charge in [0.15, 0.2) is 0 Å². The van der Waals surface area contributed by atoms with Gasteiger partial charge in [-0.25, -0.2) is 4.79 Å². The molecule has 0 heterocycles. The summed E-state index contributed by atoms with van der Waals surface area (Å²) in [6.45, 7) is 2.46. The van der Waals surface area contributed by atoms with E-state index in [0.29, 0.717) is 12.4 Å². The van der Waals surface area contributed by atoms with Crippen LogP contribution in [0.15, 0.2) is 60.7 Å². The molecule has 27 heavy (non-hydrogen) atoms. The topological polar surface area (TPSA) is 46.5 Å². The quantitative estimate of drug-likeness (QED) is 0.662. The van der Waals surface area contributed by atoms with Gasteiger partial charge in [-0.1, -0.05) is 54.6 Å². The zero-order valence-electron chi connectivity index (χ0n) is 15.4. The molecule has 0 fully saturated rings. The van der Waals surface area contributed by atoms with Crippen molar-refractivity contribution in [1.82, 2.24) is 0 Å². The molecule has 3 aromatic rings. The summed E-state index contributed by atoms with van der Waals surface area (Å²) < 4.78 is 6.12. The number of carboxylic acid groups (broad SMARTS) is 1. The molecule has 0 bridgehead atoms. The number of fused-ring (bicyclic) bond motifs is 1. The van der Waals surface area contributed by atoms with Crippen LogP contribution in [0.2, 0.25) is 0 Å². The van der Waals surface area contributed by atoms with E-state index in [1.165, 1.54) is 16.7 Å². The molecule has 3 heteroatoms. The van der Waals surface area contributed by atoms with E-state index in [1.807, 2.05) is 36.4 Å². The fourth-order valence-corrected chi connectivity index (χ4v) is 3.89. The maximum absolute atomic E-state index is 11.7. The molecular weight excluding hydrogens is 336 g/mol. The first-order valence-electron chi connectivity index (χ1n) is 9.30. The standard InChI is InChI=1S/C24H22O3/c1-16-19(10-6-11-20(16)17-7-3-2-4-8-17)15-27-23-21-12-5-9-18(21)13-14-22(23)24(25)26/h2-4,6-8,10-11,13-14H,5,9,12,15H2,1H3,(H,25,26). The minimum atomic E-state index is -0.936. The highest BCUT2D eigenvalue weighted by Gasteiger charge is 2.22. The van der Waals surface area contributed by atoms with Gasteiger partial charge in [0.1, 0.15) is 17.9 Å². The van der Waals surface area contributed by atoms with Crippen LogP contribution in [-0.2, 0) is 19.4 Å². The van der Waals surface area contributed by atoms with Gasteiger partial charge >= 0.3 is 5.97 Å². The summed E-state index contributed by atoms with van der Waals surface area (Å²) in [4.78, 5) is 11.7. The highest BCUT2D eigenvalue weighted by atomic mass is 16.5. The molecule has 0 unspecified atom stereocenters. The van der Waals surface area contributed by atoms with Crippen molar-refractivity contribution in [3.8, 4) is 16.9 Å². The van der Waals surface area contributed by atoms with Crippen LogP contribution in [-0.4, -0.2) is 11.1 Å². The van der Waals surface area contributed by atoms with Crippen LogP contribution in [0.5, 0.6) is 5.75 Å². The molecule has 0 spiro atoms. The van der Waals surface area contributed by atoms with Gasteiger partial charge in [0.25, 0.3) is 0 Å². The van der Waals surface area contributed by atoms with Gasteiger partial charge in [-0.3, -0.25) is 0 Å². The van der Waals surface area contributed by atoms with Crippen molar-refractivity contribution in [2.45, 2.75) is 32.8 Å². The van der Waals surface area contributed by atoms with Crippen LogP contribution < -0.4 is 4.74 Å². The number of benzene rings is 3. The van der Waals surface area contributed by atoms with Crippen molar-refractivity contribution in [3.63, 3.8) is 0 Å². The summed E-state index contributed by atoms with van der Waals surface area (Å²) in [5, 5.41) is 9.56. The maximum Gasteiger partial charge on any atom is 0.339 e. The van der Waals surface area contributed by atoms with E-state index in [1.54, 1.807) is 6.07 Å². The summed E-state index contributed by atoms with van der Waals surface area (Å²) in [5.41, 5.74) is 7.11. The Balaban J connectivity index is 1.66. The van der Waals surface area contributed by atoms with Crippen molar-refractivity contribution >= 4 is 5.97 Å². The van der Waals surface area contributed by atoms with Gasteiger partial charge in [0.2, 0.25) is 0 Å². The molecule has 136 valence electrons. The largest absolute Gasteiger partial charge is 0.488 e. The number of aryl methyl sites for hydroxylation is 1. The number of carbonyl (C=O) groups is 1. The van der Waals surface area contributed by atoms with E-state index in [4.69, 9.17) is 4.74 Å². The zero-order chi connectivity index (χ0) is 18.8. The second-order valence-corrected chi connectivity index (χ2v) is 6.98. The average molecular weight is 358 g/mol. The van der Waals surface area contributed by atoms with Gasteiger partial charge in [-0.15, -0.1) is 0 Å². The molecule has 1 aliphatic rings. The lowest BCUT2D eigenvalue weighted by atomic mass is 9.97. The van der Waals surface area contributed by atoms with E-state index in [9.17, 15) is 9.90 Å². The molecule has 1 N–H and O–H groups in total. The highest BCUT2D eigenvalue weighted by molar-refractivity contribution is 5.91. The predicted molar refractivity (Wildman–Crippen MR) is 106 cm³/mol. The van der Waals surface area contributed by atoms with Gasteiger partial charge in [-0.05, 0) is 65.6 Å². The lowest BCUT2D eigenvalue weighted by molar-refractivity contribution is 0.0691. The van der Waals surface area contributed by atoms with Gasteiger partial charge in [-0.2, -0.15) is 0 Å². The maximum atomic E-state index is 11.7. The number of ether oxygens (including phenoxy) is 1. The molecule has 0 saturated carbocycles. The Labute approximate surface area is 159 Å². The minimum Gasteiger partial charge on any atom is -0.488 e. The number of carboxylic acids is 1. The van der Waals surface area contributed by atoms with E-state index in [2.05, 4.69) is 25.1 Å². The van der Waals surface area contributed by atoms with Crippen molar-refractivity contribution in [3.05, 3.63) is 88.5 Å². The second kappa shape index (κ2) is 7.28. The predicted octanol–water partition coefficient (Wildman–Crippen LogP) is 5.43. The first-order chi connectivity index (χ1) is 13.1. The molecule has 3 nitrogen and oxygen atoms in total. The van der Waals surface area contributed by atoms with Crippen molar-refractivity contribution in [2.75, 3.05) is 0 Å². The molecule has 0 atom stereocenters. The Bertz CT molecular complexity index is 990. The van der Waals surface area contributed by atoms with Gasteiger partial charge in [0, 0.05) is 0 Å². The zero-order valence-corrected chi connectivity index (χ0v) is 15.4. The Hall–Kier alpha value is -3.07. The SMILES string of the molecule is Cc1c(COc2c(C(=O)O)ccc3c2CCC3)cccc1-c1ccccc1. The van der Waals surface area contributed by atoms with Crippen LogP contribution in [0.1, 0.15) is 39.0 Å². The summed E-state index contributed by atoms with van der Waals surface area (Å²) in [7, 11) is 0. The van der Waals surface area contributed by atoms with E-state index in [0.717, 1.165) is 36.0 Å². The van der Waals surface area contributed by atoms with E-state index >= 15 is 0 Å². The summed E-state index contributed by atoms with van der Waals surface area (Å²) in [6, 6.07) is 20.1. The molecule has 4 rings (SSSR count). The number of rotatable bonds is 5. The smallest absolute Gasteiger partial charge is 0.339 e. The second-order valence-electron chi connectivity index (χ2n) is 6.98. The first kappa shape index (κ1) is 17.3. The Morgan fingerprint density at radius 2 is 1.81 bits per heavy atom. The van der Waals surface area contributed by atoms with E-state index in [-0.39, 0.29) is 5.56 Å². The van der Waals surface area contributed by atoms with Crippen LogP contribution in [0, 0.1) is 6.92 Å². The number of hydrogen-bond acceptors (Lipinski definition) is 2. The van der Waals surface area contributed by atoms with Crippen LogP contribution in [0.25, 0.3) is 11.1 Å². The summed E-state index contributed by atoms with van der Waals surface area (Å²) in [5.74, 6) is -0.392. The first-order valence-corrected chi connectivity index (χ1v) is 9.30. The van der Waals surface area contributed by atoms with Gasteiger partial charge < -0.3 is 9.84 Å². The van der Waals surface area contributed by atoms with Crippen molar-refractivity contribution < 1.29 is 14.6 Å². The third kappa shape index (κ3) is 3.33. The normalized spacial score (nSPS) is 12.6. The van der Waals surface area contributed by atoms with Crippen LogP contribution >= 0.6 is 0 Å². The Kier molecular flexibility index (Phi) is 4.68. The van der Waals surface area contributed by atoms with Crippen LogP contribution in [0.4, 0.5) is 0 Å². The van der Waals surface area contributed by atoms with Crippen molar-refractivity contribution in [1.29, 1.82) is 0 Å². The molecular formula is C24H22O3. The molecule has 0 aliphatic heterocycles. The highest BCUT2D eigenvalue weighted by Crippen LogP contribution is 2.35. The Morgan fingerprint density at radius 3 is 2.59 bits per heavy atom. The lowest BCUT2D eigenvalue weighted by Gasteiger charge is -2.16. The van der Waals surface area contributed by atoms with Crippen LogP contribution in [0.3, 0.4) is 0 Å². The molecule has 0 radical (unpaired) electrons. The Morgan fingerprint density at radius 1 is 1.00 bits per heavy atom. The summed E-state index contributed by atoms with van der Waals surface area (Å²) >= 11 is 0. The van der Waals surface area contributed by atoms with Gasteiger partial charge in [0.05, 0.1) is 0 Å². The lowest BCUT2D eigenvalue weighted by Crippen LogP contribution is -2.07. The molecule has 1 aliphatic carbocycles. The fourth-order valence-electron chi connectivity index (χ4n) is 3.89. The number of aromatic carboxylic acids is 1. The third-order valence-electron chi connectivity index (χ3n) is 5.36.